The van der Waals surface area contributed by atoms with Gasteiger partial charge in [-0.1, -0.05) is 0 Å². The van der Waals surface area contributed by atoms with Gasteiger partial charge >= 0.3 is 18.1 Å². The van der Waals surface area contributed by atoms with Crippen LogP contribution in [0.25, 0.3) is 5.57 Å². The van der Waals surface area contributed by atoms with Gasteiger partial charge in [-0.3, -0.25) is 14.8 Å². The number of alkyl halides is 3. The first-order valence-electron chi connectivity index (χ1n) is 8.07. The van der Waals surface area contributed by atoms with E-state index in [9.17, 15) is 36.6 Å². The summed E-state index contributed by atoms with van der Waals surface area (Å²) in [6, 6.07) is -0.962. The van der Waals surface area contributed by atoms with Gasteiger partial charge in [0.15, 0.2) is 5.75 Å². The zero-order valence-corrected chi connectivity index (χ0v) is 16.2. The highest BCUT2D eigenvalue weighted by atomic mass is 32.2. The molecule has 15 heteroatoms. The van der Waals surface area contributed by atoms with E-state index in [2.05, 4.69) is 15.3 Å². The van der Waals surface area contributed by atoms with E-state index in [4.69, 9.17) is 15.0 Å². The number of hydrogen-bond acceptors (Lipinski definition) is 9. The fourth-order valence-corrected chi connectivity index (χ4v) is 3.79. The van der Waals surface area contributed by atoms with Gasteiger partial charge in [0.2, 0.25) is 9.84 Å². The van der Waals surface area contributed by atoms with E-state index in [0.717, 1.165) is 11.6 Å². The molecule has 168 valence electrons. The van der Waals surface area contributed by atoms with E-state index in [1.807, 2.05) is 0 Å². The first-order chi connectivity index (χ1) is 14.2. The molecule has 0 saturated heterocycles. The summed E-state index contributed by atoms with van der Waals surface area (Å²) in [6.07, 6.45) is -2.84. The molecule has 0 saturated carbocycles. The standard InChI is InChI=1S/C14H13N3O6S.C2HF3O2/c1-15-7(14(20)21)4-6-5-17-9-8(6)11(18)13-10(12(9)19)16-2-3-24(13,22)23;3-2(4,5)1(6)7/h2-3,5,7,15,18-19H,4H2,1H3,(H,20,21);(H,6,7)/t7-;/m0./s1. The maximum atomic E-state index is 12.2. The average molecular weight is 465 g/mol. The van der Waals surface area contributed by atoms with Crippen molar-refractivity contribution in [3.05, 3.63) is 22.2 Å². The number of sulfone groups is 1. The molecular formula is C16H14F3N3O8S. The number of likely N-dealkylation sites (N-methyl/N-ethyl adjacent to an activating group) is 1. The molecule has 0 spiro atoms. The number of nitrogens with zero attached hydrogens (tertiary/aromatic N) is 2. The maximum Gasteiger partial charge on any atom is 0.490 e. The summed E-state index contributed by atoms with van der Waals surface area (Å²) >= 11 is 0. The number of nitrogens with one attached hydrogen (secondary N) is 1. The molecule has 11 nitrogen and oxygen atoms in total. The number of aliphatic imine (C=N–C) groups is 1. The molecule has 1 atom stereocenters. The van der Waals surface area contributed by atoms with Crippen molar-refractivity contribution in [3.63, 3.8) is 0 Å². The lowest BCUT2D eigenvalue weighted by atomic mass is 10.0. The third kappa shape index (κ3) is 4.66. The molecule has 1 aromatic rings. The summed E-state index contributed by atoms with van der Waals surface area (Å²) in [4.78, 5) is 27.3. The SMILES string of the molecule is CN[C@@H](CC1=c2c(O)c3c(c(O)c2N=C1)=NC=CS3(=O)=O)C(=O)O.O=C(O)C(F)(F)F. The van der Waals surface area contributed by atoms with Crippen LogP contribution in [0, 0.1) is 0 Å². The van der Waals surface area contributed by atoms with E-state index in [-0.39, 0.29) is 22.7 Å². The fraction of sp³-hybridized carbons (Fsp3) is 0.250. The molecule has 1 aromatic carbocycles. The Labute approximate surface area is 171 Å². The molecule has 3 rings (SSSR count). The summed E-state index contributed by atoms with van der Waals surface area (Å²) in [7, 11) is -2.51. The summed E-state index contributed by atoms with van der Waals surface area (Å²) in [5, 5.41) is 40.1. The molecule has 0 radical (unpaired) electrons. The number of carbonyl (C=O) groups is 2. The van der Waals surface area contributed by atoms with E-state index in [1.54, 1.807) is 0 Å². The van der Waals surface area contributed by atoms with Crippen LogP contribution in [0.4, 0.5) is 18.9 Å². The Balaban J connectivity index is 0.000000423. The zero-order chi connectivity index (χ0) is 23.7. The molecule has 2 heterocycles. The van der Waals surface area contributed by atoms with E-state index in [0.29, 0.717) is 5.57 Å². The second kappa shape index (κ2) is 8.35. The van der Waals surface area contributed by atoms with E-state index >= 15 is 0 Å². The van der Waals surface area contributed by atoms with Crippen molar-refractivity contribution in [3.8, 4) is 11.5 Å². The van der Waals surface area contributed by atoms with Crippen LogP contribution in [0.5, 0.6) is 11.5 Å². The van der Waals surface area contributed by atoms with Crippen LogP contribution in [0.1, 0.15) is 6.42 Å². The minimum absolute atomic E-state index is 0.00169. The first-order valence-corrected chi connectivity index (χ1v) is 9.61. The van der Waals surface area contributed by atoms with Crippen molar-refractivity contribution in [1.29, 1.82) is 0 Å². The number of phenolic OH excluding ortho intramolecular Hbond substituents is 2. The number of rotatable bonds is 4. The predicted molar refractivity (Wildman–Crippen MR) is 97.2 cm³/mol. The average Bonchev–Trinajstić information content (AvgIpc) is 3.07. The third-order valence-corrected chi connectivity index (χ3v) is 5.50. The number of aliphatic carboxylic acids is 2. The molecule has 0 bridgehead atoms. The van der Waals surface area contributed by atoms with Crippen molar-refractivity contribution < 1.29 is 51.6 Å². The number of phenols is 2. The van der Waals surface area contributed by atoms with Crippen molar-refractivity contribution in [2.24, 2.45) is 9.98 Å². The Bertz CT molecular complexity index is 1240. The molecule has 5 N–H and O–H groups in total. The molecule has 0 unspecified atom stereocenters. The van der Waals surface area contributed by atoms with Gasteiger partial charge < -0.3 is 25.7 Å². The highest BCUT2D eigenvalue weighted by molar-refractivity contribution is 7.94. The van der Waals surface area contributed by atoms with Crippen molar-refractivity contribution in [1.82, 2.24) is 5.32 Å². The van der Waals surface area contributed by atoms with Crippen LogP contribution < -0.4 is 15.9 Å². The molecule has 0 aromatic heterocycles. The number of carboxylic acids is 2. The lowest BCUT2D eigenvalue weighted by Gasteiger charge is -2.12. The molecule has 2 aliphatic rings. The molecule has 31 heavy (non-hydrogen) atoms. The second-order valence-corrected chi connectivity index (χ2v) is 7.80. The molecule has 0 aliphatic carbocycles. The maximum absolute atomic E-state index is 12.2. The lowest BCUT2D eigenvalue weighted by molar-refractivity contribution is -0.192. The van der Waals surface area contributed by atoms with Crippen molar-refractivity contribution >= 4 is 39.3 Å². The number of aromatic hydroxyl groups is 2. The quantitative estimate of drug-likeness (QED) is 0.367. The molecular weight excluding hydrogens is 451 g/mol. The smallest absolute Gasteiger partial charge is 0.490 e. The van der Waals surface area contributed by atoms with Gasteiger partial charge in [0.1, 0.15) is 27.7 Å². The Morgan fingerprint density at radius 3 is 2.26 bits per heavy atom. The van der Waals surface area contributed by atoms with Gasteiger partial charge in [0.05, 0.1) is 10.6 Å². The lowest BCUT2D eigenvalue weighted by Crippen LogP contribution is -2.34. The van der Waals surface area contributed by atoms with Gasteiger partial charge in [-0.25, -0.2) is 13.2 Å². The van der Waals surface area contributed by atoms with Crippen LogP contribution in [-0.4, -0.2) is 66.3 Å². The number of fused-ring (bicyclic) bond motifs is 2. The van der Waals surface area contributed by atoms with Gasteiger partial charge in [-0.15, -0.1) is 0 Å². The number of benzene rings is 1. The van der Waals surface area contributed by atoms with Crippen LogP contribution in [0.2, 0.25) is 0 Å². The molecule has 2 aliphatic heterocycles. The van der Waals surface area contributed by atoms with E-state index in [1.165, 1.54) is 13.3 Å². The predicted octanol–water partition coefficient (Wildman–Crippen LogP) is -0.461. The summed E-state index contributed by atoms with van der Waals surface area (Å²) in [5.74, 6) is -4.95. The van der Waals surface area contributed by atoms with Gasteiger partial charge in [-0.05, 0) is 12.6 Å². The summed E-state index contributed by atoms with van der Waals surface area (Å²) < 4.78 is 56.1. The second-order valence-electron chi connectivity index (χ2n) is 6.03. The number of carboxylic acid groups (broad SMARTS) is 2. The van der Waals surface area contributed by atoms with E-state index < -0.39 is 50.4 Å². The first kappa shape index (κ1) is 23.8. The van der Waals surface area contributed by atoms with Crippen molar-refractivity contribution in [2.75, 3.05) is 7.05 Å². The van der Waals surface area contributed by atoms with Crippen LogP contribution in [-0.2, 0) is 19.4 Å². The van der Waals surface area contributed by atoms with Crippen LogP contribution in [0.3, 0.4) is 0 Å². The number of hydrogen-bond donors (Lipinski definition) is 5. The monoisotopic (exact) mass is 465 g/mol. The Morgan fingerprint density at radius 2 is 1.77 bits per heavy atom. The largest absolute Gasteiger partial charge is 0.506 e. The molecule has 0 amide bonds. The van der Waals surface area contributed by atoms with Crippen LogP contribution in [0.15, 0.2) is 26.5 Å². The highest BCUT2D eigenvalue weighted by Crippen LogP contribution is 2.32. The Kier molecular flexibility index (Phi) is 6.41. The third-order valence-electron chi connectivity index (χ3n) is 4.06. The summed E-state index contributed by atoms with van der Waals surface area (Å²) in [6.45, 7) is 0. The summed E-state index contributed by atoms with van der Waals surface area (Å²) in [5.41, 5.74) is 0.267. The fourth-order valence-electron chi connectivity index (χ4n) is 2.64. The Hall–Kier alpha value is -3.46. The van der Waals surface area contributed by atoms with Gasteiger partial charge in [0.25, 0.3) is 0 Å². The van der Waals surface area contributed by atoms with Crippen molar-refractivity contribution in [2.45, 2.75) is 23.5 Å². The number of halogens is 3. The van der Waals surface area contributed by atoms with Gasteiger partial charge in [0, 0.05) is 18.8 Å². The van der Waals surface area contributed by atoms with Crippen LogP contribution >= 0.6 is 0 Å². The minimum Gasteiger partial charge on any atom is -0.506 e. The zero-order valence-electron chi connectivity index (χ0n) is 15.4. The highest BCUT2D eigenvalue weighted by Gasteiger charge is 2.38. The minimum atomic E-state index is -5.08. The topological polar surface area (TPSA) is 186 Å². The molecule has 0 fully saturated rings. The Morgan fingerprint density at radius 1 is 1.19 bits per heavy atom. The van der Waals surface area contributed by atoms with Gasteiger partial charge in [-0.2, -0.15) is 13.2 Å². The normalized spacial score (nSPS) is 16.5.